The van der Waals surface area contributed by atoms with Crippen LogP contribution in [0.15, 0.2) is 18.2 Å². The average molecular weight is 328 g/mol. The first-order valence-electron chi connectivity index (χ1n) is 6.96. The van der Waals surface area contributed by atoms with Crippen molar-refractivity contribution in [1.29, 1.82) is 0 Å². The molecule has 0 bridgehead atoms. The van der Waals surface area contributed by atoms with Crippen molar-refractivity contribution in [3.8, 4) is 0 Å². The minimum absolute atomic E-state index is 0.116. The van der Waals surface area contributed by atoms with E-state index >= 15 is 0 Å². The van der Waals surface area contributed by atoms with E-state index in [1.54, 1.807) is 18.2 Å². The highest BCUT2D eigenvalue weighted by atomic mass is 35.5. The Balaban J connectivity index is 1.69. The van der Waals surface area contributed by atoms with Gasteiger partial charge < -0.3 is 0 Å². The number of halogens is 2. The molecule has 0 aromatic heterocycles. The summed E-state index contributed by atoms with van der Waals surface area (Å²) in [6.45, 7) is 0.116. The third kappa shape index (κ3) is 2.68. The summed E-state index contributed by atoms with van der Waals surface area (Å²) in [6, 6.07) is 5.08. The maximum Gasteiger partial charge on any atom is 0.260 e. The first-order valence-corrected chi connectivity index (χ1v) is 7.72. The zero-order chi connectivity index (χ0) is 15.0. The summed E-state index contributed by atoms with van der Waals surface area (Å²) in [5.74, 6) is -0.438. The summed E-state index contributed by atoms with van der Waals surface area (Å²) < 4.78 is 0. The molecule has 2 aliphatic rings. The van der Waals surface area contributed by atoms with Crippen LogP contribution in [0.1, 0.15) is 37.7 Å². The van der Waals surface area contributed by atoms with E-state index in [9.17, 15) is 9.59 Å². The van der Waals surface area contributed by atoms with Gasteiger partial charge >= 0.3 is 0 Å². The second-order valence-electron chi connectivity index (χ2n) is 5.68. The number of hydrogen-bond donors (Lipinski definition) is 0. The molecule has 4 nitrogen and oxygen atoms in total. The molecule has 6 heteroatoms. The zero-order valence-electron chi connectivity index (χ0n) is 11.4. The SMILES string of the molecule is O=C1CC2(CCCC2)C(=O)N1OCc1ccc(Cl)c(Cl)c1. The van der Waals surface area contributed by atoms with Gasteiger partial charge in [-0.2, -0.15) is 5.06 Å². The van der Waals surface area contributed by atoms with Gasteiger partial charge in [-0.15, -0.1) is 0 Å². The minimum atomic E-state index is -0.505. The molecular weight excluding hydrogens is 313 g/mol. The fraction of sp³-hybridized carbons (Fsp3) is 0.467. The normalized spacial score (nSPS) is 20.8. The van der Waals surface area contributed by atoms with E-state index in [0.29, 0.717) is 10.0 Å². The van der Waals surface area contributed by atoms with Crippen molar-refractivity contribution in [3.05, 3.63) is 33.8 Å². The fourth-order valence-corrected chi connectivity index (χ4v) is 3.43. The van der Waals surface area contributed by atoms with Crippen molar-refractivity contribution in [3.63, 3.8) is 0 Å². The molecule has 1 aromatic rings. The predicted molar refractivity (Wildman–Crippen MR) is 78.6 cm³/mol. The van der Waals surface area contributed by atoms with Crippen LogP contribution < -0.4 is 0 Å². The quantitative estimate of drug-likeness (QED) is 0.794. The summed E-state index contributed by atoms with van der Waals surface area (Å²) in [5.41, 5.74) is 0.256. The van der Waals surface area contributed by atoms with E-state index < -0.39 is 5.41 Å². The van der Waals surface area contributed by atoms with E-state index in [1.165, 1.54) is 0 Å². The number of carbonyl (C=O) groups is 2. The summed E-state index contributed by atoms with van der Waals surface area (Å²) in [4.78, 5) is 29.9. The number of hydrogen-bond acceptors (Lipinski definition) is 3. The van der Waals surface area contributed by atoms with Crippen molar-refractivity contribution in [2.24, 2.45) is 5.41 Å². The largest absolute Gasteiger partial charge is 0.272 e. The molecule has 1 heterocycles. The van der Waals surface area contributed by atoms with E-state index in [2.05, 4.69) is 0 Å². The molecule has 1 aliphatic heterocycles. The Kier molecular flexibility index (Phi) is 3.95. The van der Waals surface area contributed by atoms with E-state index in [-0.39, 0.29) is 24.8 Å². The number of carbonyl (C=O) groups excluding carboxylic acids is 2. The summed E-state index contributed by atoms with van der Waals surface area (Å²) >= 11 is 11.8. The third-order valence-corrected chi connectivity index (χ3v) is 5.00. The number of nitrogens with zero attached hydrogens (tertiary/aromatic N) is 1. The van der Waals surface area contributed by atoms with Gasteiger partial charge in [0.15, 0.2) is 0 Å². The van der Waals surface area contributed by atoms with Crippen LogP contribution >= 0.6 is 23.2 Å². The van der Waals surface area contributed by atoms with Crippen LogP contribution in [0.2, 0.25) is 10.0 Å². The number of imide groups is 1. The Morgan fingerprint density at radius 1 is 1.14 bits per heavy atom. The van der Waals surface area contributed by atoms with Crippen LogP contribution in [0.25, 0.3) is 0 Å². The highest BCUT2D eigenvalue weighted by Crippen LogP contribution is 2.46. The fourth-order valence-electron chi connectivity index (χ4n) is 3.11. The zero-order valence-corrected chi connectivity index (χ0v) is 12.9. The summed E-state index contributed by atoms with van der Waals surface area (Å²) in [7, 11) is 0. The highest BCUT2D eigenvalue weighted by Gasteiger charge is 2.53. The Bertz CT molecular complexity index is 597. The van der Waals surface area contributed by atoms with Crippen LogP contribution in [-0.2, 0) is 21.0 Å². The Labute approximate surface area is 132 Å². The maximum atomic E-state index is 12.4. The van der Waals surface area contributed by atoms with Crippen LogP contribution in [0.4, 0.5) is 0 Å². The molecule has 1 saturated carbocycles. The highest BCUT2D eigenvalue weighted by molar-refractivity contribution is 6.42. The lowest BCUT2D eigenvalue weighted by molar-refractivity contribution is -0.194. The van der Waals surface area contributed by atoms with Gasteiger partial charge in [0.25, 0.3) is 11.8 Å². The molecule has 1 aliphatic carbocycles. The molecule has 3 rings (SSSR count). The topological polar surface area (TPSA) is 46.6 Å². The first kappa shape index (κ1) is 14.8. The molecule has 2 amide bonds. The van der Waals surface area contributed by atoms with E-state index in [0.717, 1.165) is 36.3 Å². The summed E-state index contributed by atoms with van der Waals surface area (Å²) in [6.07, 6.45) is 3.83. The molecule has 0 atom stereocenters. The van der Waals surface area contributed by atoms with Crippen molar-refractivity contribution in [2.45, 2.75) is 38.7 Å². The van der Waals surface area contributed by atoms with E-state index in [1.807, 2.05) is 0 Å². The van der Waals surface area contributed by atoms with Gasteiger partial charge in [-0.25, -0.2) is 0 Å². The van der Waals surface area contributed by atoms with Crippen LogP contribution in [0.5, 0.6) is 0 Å². The number of amides is 2. The summed E-state index contributed by atoms with van der Waals surface area (Å²) in [5, 5.41) is 1.82. The predicted octanol–water partition coefficient (Wildman–Crippen LogP) is 3.74. The lowest BCUT2D eigenvalue weighted by atomic mass is 9.85. The molecular formula is C15H15Cl2NO3. The smallest absolute Gasteiger partial charge is 0.260 e. The molecule has 1 aromatic carbocycles. The van der Waals surface area contributed by atoms with Gasteiger partial charge in [0.1, 0.15) is 6.61 Å². The molecule has 0 N–H and O–H groups in total. The number of hydroxylamine groups is 2. The second kappa shape index (κ2) is 5.59. The molecule has 0 unspecified atom stereocenters. The minimum Gasteiger partial charge on any atom is -0.272 e. The van der Waals surface area contributed by atoms with Gasteiger partial charge in [-0.3, -0.25) is 14.4 Å². The third-order valence-electron chi connectivity index (χ3n) is 4.26. The average Bonchev–Trinajstić information content (AvgIpc) is 3.00. The van der Waals surface area contributed by atoms with Gasteiger partial charge in [0.05, 0.1) is 15.5 Å². The maximum absolute atomic E-state index is 12.4. The van der Waals surface area contributed by atoms with Gasteiger partial charge in [0.2, 0.25) is 0 Å². The Hall–Kier alpha value is -1.10. The number of benzene rings is 1. The molecule has 112 valence electrons. The van der Waals surface area contributed by atoms with Gasteiger partial charge in [-0.05, 0) is 30.5 Å². The molecule has 2 fully saturated rings. The lowest BCUT2D eigenvalue weighted by Gasteiger charge is -2.20. The Morgan fingerprint density at radius 2 is 1.86 bits per heavy atom. The van der Waals surface area contributed by atoms with E-state index in [4.69, 9.17) is 28.0 Å². The van der Waals surface area contributed by atoms with Gasteiger partial charge in [-0.1, -0.05) is 42.1 Å². The van der Waals surface area contributed by atoms with Crippen LogP contribution in [0.3, 0.4) is 0 Å². The number of rotatable bonds is 3. The van der Waals surface area contributed by atoms with Gasteiger partial charge in [0, 0.05) is 6.42 Å². The molecule has 1 spiro atoms. The van der Waals surface area contributed by atoms with Crippen molar-refractivity contribution in [2.75, 3.05) is 0 Å². The molecule has 1 saturated heterocycles. The molecule has 0 radical (unpaired) electrons. The van der Waals surface area contributed by atoms with Crippen molar-refractivity contribution in [1.82, 2.24) is 5.06 Å². The standard InChI is InChI=1S/C15H15Cl2NO3/c16-11-4-3-10(7-12(11)17)9-21-18-13(19)8-15(14(18)20)5-1-2-6-15/h3-4,7H,1-2,5-6,8-9H2. The molecule has 21 heavy (non-hydrogen) atoms. The van der Waals surface area contributed by atoms with Crippen molar-refractivity contribution < 1.29 is 14.4 Å². The van der Waals surface area contributed by atoms with Crippen molar-refractivity contribution >= 4 is 35.0 Å². The Morgan fingerprint density at radius 3 is 2.52 bits per heavy atom. The lowest BCUT2D eigenvalue weighted by Crippen LogP contribution is -2.34. The first-order chi connectivity index (χ1) is 10.0. The monoisotopic (exact) mass is 327 g/mol. The van der Waals surface area contributed by atoms with Crippen LogP contribution in [-0.4, -0.2) is 16.9 Å². The van der Waals surface area contributed by atoms with Crippen LogP contribution in [0, 0.1) is 5.41 Å². The second-order valence-corrected chi connectivity index (χ2v) is 6.49.